The van der Waals surface area contributed by atoms with E-state index in [0.29, 0.717) is 24.1 Å². The van der Waals surface area contributed by atoms with E-state index in [9.17, 15) is 9.59 Å². The Morgan fingerprint density at radius 1 is 1.14 bits per heavy atom. The lowest BCUT2D eigenvalue weighted by Gasteiger charge is -2.08. The van der Waals surface area contributed by atoms with Crippen molar-refractivity contribution in [2.45, 2.75) is 19.8 Å². The average Bonchev–Trinajstić information content (AvgIpc) is 3.26. The highest BCUT2D eigenvalue weighted by Crippen LogP contribution is 2.10. The Hall–Kier alpha value is -3.55. The lowest BCUT2D eigenvalue weighted by Crippen LogP contribution is -2.28. The third-order valence-corrected chi connectivity index (χ3v) is 4.11. The van der Waals surface area contributed by atoms with Gasteiger partial charge in [0.05, 0.1) is 17.8 Å². The van der Waals surface area contributed by atoms with Gasteiger partial charge in [-0.05, 0) is 47.5 Å². The number of benzene rings is 2. The minimum absolute atomic E-state index is 0.0719. The van der Waals surface area contributed by atoms with Crippen LogP contribution in [0.25, 0.3) is 5.69 Å². The summed E-state index contributed by atoms with van der Waals surface area (Å²) in [5, 5.41) is 13.7. The highest BCUT2D eigenvalue weighted by atomic mass is 16.5. The van der Waals surface area contributed by atoms with Crippen LogP contribution in [-0.4, -0.2) is 45.2 Å². The number of carbonyl (C=O) groups excluding carboxylic acids is 2. The lowest BCUT2D eigenvalue weighted by molar-refractivity contribution is -0.121. The highest BCUT2D eigenvalue weighted by molar-refractivity contribution is 5.90. The van der Waals surface area contributed by atoms with Crippen LogP contribution in [0.3, 0.4) is 0 Å². The van der Waals surface area contributed by atoms with Gasteiger partial charge in [-0.25, -0.2) is 9.48 Å². The summed E-state index contributed by atoms with van der Waals surface area (Å²) >= 11 is 0. The van der Waals surface area contributed by atoms with Crippen LogP contribution in [0.2, 0.25) is 0 Å². The van der Waals surface area contributed by atoms with Crippen LogP contribution in [0.4, 0.5) is 0 Å². The van der Waals surface area contributed by atoms with Gasteiger partial charge >= 0.3 is 5.97 Å². The first-order valence-electron chi connectivity index (χ1n) is 8.94. The zero-order valence-electron chi connectivity index (χ0n) is 15.5. The highest BCUT2D eigenvalue weighted by Gasteiger charge is 2.09. The largest absolute Gasteiger partial charge is 0.460 e. The van der Waals surface area contributed by atoms with Gasteiger partial charge in [0, 0.05) is 6.42 Å². The number of aromatic nitrogens is 4. The number of aryl methyl sites for hydroxylation is 2. The third kappa shape index (κ3) is 5.47. The minimum atomic E-state index is -0.469. The quantitative estimate of drug-likeness (QED) is 0.474. The van der Waals surface area contributed by atoms with Crippen LogP contribution < -0.4 is 5.32 Å². The van der Waals surface area contributed by atoms with Crippen molar-refractivity contribution in [1.82, 2.24) is 25.5 Å². The van der Waals surface area contributed by atoms with E-state index in [-0.39, 0.29) is 19.1 Å². The number of ether oxygens (including phenoxy) is 1. The Balaban J connectivity index is 1.39. The maximum atomic E-state index is 12.2. The van der Waals surface area contributed by atoms with Gasteiger partial charge < -0.3 is 10.1 Å². The van der Waals surface area contributed by atoms with Crippen LogP contribution in [-0.2, 0) is 16.0 Å². The van der Waals surface area contributed by atoms with Gasteiger partial charge in [-0.1, -0.05) is 35.9 Å². The molecule has 8 heteroatoms. The number of esters is 1. The van der Waals surface area contributed by atoms with Crippen molar-refractivity contribution in [2.75, 3.05) is 13.2 Å². The molecule has 0 radical (unpaired) electrons. The van der Waals surface area contributed by atoms with Crippen LogP contribution in [0.5, 0.6) is 0 Å². The molecule has 1 heterocycles. The van der Waals surface area contributed by atoms with Gasteiger partial charge in [-0.2, -0.15) is 0 Å². The number of nitrogens with zero attached hydrogens (tertiary/aromatic N) is 4. The standard InChI is InChI=1S/C20H21N5O3/c1-15-5-7-16(8-6-15)9-10-19(26)21-11-12-28-20(27)17-3-2-4-18(13-17)25-14-22-23-24-25/h2-8,13-14H,9-12H2,1H3,(H,21,26). The number of tetrazole rings is 1. The number of hydrogen-bond donors (Lipinski definition) is 1. The maximum Gasteiger partial charge on any atom is 0.338 e. The minimum Gasteiger partial charge on any atom is -0.460 e. The molecule has 0 spiro atoms. The first-order chi connectivity index (χ1) is 13.6. The molecule has 0 aliphatic heterocycles. The smallest absolute Gasteiger partial charge is 0.338 e. The predicted octanol–water partition coefficient (Wildman–Crippen LogP) is 1.88. The number of amides is 1. The average molecular weight is 379 g/mol. The monoisotopic (exact) mass is 379 g/mol. The Bertz CT molecular complexity index is 923. The molecule has 0 saturated carbocycles. The molecule has 2 aromatic carbocycles. The second-order valence-corrected chi connectivity index (χ2v) is 6.28. The molecule has 1 aromatic heterocycles. The van der Waals surface area contributed by atoms with Crippen molar-refractivity contribution in [3.63, 3.8) is 0 Å². The van der Waals surface area contributed by atoms with Crippen molar-refractivity contribution in [3.05, 3.63) is 71.5 Å². The predicted molar refractivity (Wildman–Crippen MR) is 102 cm³/mol. The van der Waals surface area contributed by atoms with E-state index in [1.165, 1.54) is 16.6 Å². The van der Waals surface area contributed by atoms with Crippen molar-refractivity contribution < 1.29 is 14.3 Å². The molecule has 8 nitrogen and oxygen atoms in total. The van der Waals surface area contributed by atoms with Crippen LogP contribution in [0.15, 0.2) is 54.9 Å². The Labute approximate surface area is 162 Å². The summed E-state index contributed by atoms with van der Waals surface area (Å²) in [7, 11) is 0. The van der Waals surface area contributed by atoms with Crippen LogP contribution in [0, 0.1) is 6.92 Å². The molecular weight excluding hydrogens is 358 g/mol. The molecule has 3 rings (SSSR count). The van der Waals surface area contributed by atoms with E-state index in [2.05, 4.69) is 20.8 Å². The summed E-state index contributed by atoms with van der Waals surface area (Å²) in [5.41, 5.74) is 3.36. The molecule has 28 heavy (non-hydrogen) atoms. The fourth-order valence-electron chi connectivity index (χ4n) is 2.57. The van der Waals surface area contributed by atoms with Gasteiger partial charge in [0.1, 0.15) is 12.9 Å². The van der Waals surface area contributed by atoms with E-state index in [0.717, 1.165) is 5.56 Å². The van der Waals surface area contributed by atoms with Crippen molar-refractivity contribution in [1.29, 1.82) is 0 Å². The molecule has 0 fully saturated rings. The topological polar surface area (TPSA) is 99.0 Å². The number of rotatable bonds is 8. The fourth-order valence-corrected chi connectivity index (χ4v) is 2.57. The van der Waals surface area contributed by atoms with Gasteiger partial charge in [0.25, 0.3) is 0 Å². The zero-order chi connectivity index (χ0) is 19.8. The van der Waals surface area contributed by atoms with Gasteiger partial charge in [-0.3, -0.25) is 4.79 Å². The van der Waals surface area contributed by atoms with Crippen LogP contribution in [0.1, 0.15) is 27.9 Å². The Kier molecular flexibility index (Phi) is 6.46. The van der Waals surface area contributed by atoms with Gasteiger partial charge in [0.15, 0.2) is 0 Å². The molecule has 0 aliphatic rings. The Morgan fingerprint density at radius 2 is 1.96 bits per heavy atom. The molecule has 1 amide bonds. The molecule has 0 saturated heterocycles. The fraction of sp³-hybridized carbons (Fsp3) is 0.250. The summed E-state index contributed by atoms with van der Waals surface area (Å²) in [6.45, 7) is 2.40. The molecule has 0 atom stereocenters. The molecule has 3 aromatic rings. The second kappa shape index (κ2) is 9.40. The first kappa shape index (κ1) is 19.2. The van der Waals surface area contributed by atoms with Crippen molar-refractivity contribution in [2.24, 2.45) is 0 Å². The summed E-state index contributed by atoms with van der Waals surface area (Å²) < 4.78 is 6.66. The summed E-state index contributed by atoms with van der Waals surface area (Å²) in [6, 6.07) is 14.9. The normalized spacial score (nSPS) is 10.5. The van der Waals surface area contributed by atoms with E-state index in [4.69, 9.17) is 4.74 Å². The molecule has 1 N–H and O–H groups in total. The number of nitrogens with one attached hydrogen (secondary N) is 1. The molecule has 144 valence electrons. The third-order valence-electron chi connectivity index (χ3n) is 4.11. The van der Waals surface area contributed by atoms with Gasteiger partial charge in [0.2, 0.25) is 5.91 Å². The second-order valence-electron chi connectivity index (χ2n) is 6.28. The summed E-state index contributed by atoms with van der Waals surface area (Å²) in [4.78, 5) is 24.1. The SMILES string of the molecule is Cc1ccc(CCC(=O)NCCOC(=O)c2cccc(-n3cnnn3)c2)cc1. The van der Waals surface area contributed by atoms with E-state index in [1.807, 2.05) is 31.2 Å². The van der Waals surface area contributed by atoms with Crippen molar-refractivity contribution >= 4 is 11.9 Å². The summed E-state index contributed by atoms with van der Waals surface area (Å²) in [6.07, 6.45) is 2.51. The molecule has 0 bridgehead atoms. The number of carbonyl (C=O) groups is 2. The van der Waals surface area contributed by atoms with E-state index >= 15 is 0 Å². The Morgan fingerprint density at radius 3 is 2.71 bits per heavy atom. The first-order valence-corrected chi connectivity index (χ1v) is 8.94. The number of hydrogen-bond acceptors (Lipinski definition) is 6. The van der Waals surface area contributed by atoms with Gasteiger partial charge in [-0.15, -0.1) is 5.10 Å². The van der Waals surface area contributed by atoms with E-state index in [1.54, 1.807) is 24.3 Å². The maximum absolute atomic E-state index is 12.2. The molecule has 0 unspecified atom stereocenters. The summed E-state index contributed by atoms with van der Waals surface area (Å²) in [5.74, 6) is -0.541. The van der Waals surface area contributed by atoms with Crippen LogP contribution >= 0.6 is 0 Å². The van der Waals surface area contributed by atoms with E-state index < -0.39 is 5.97 Å². The molecule has 0 aliphatic carbocycles. The lowest BCUT2D eigenvalue weighted by atomic mass is 10.1. The molecular formula is C20H21N5O3. The van der Waals surface area contributed by atoms with Crippen molar-refractivity contribution in [3.8, 4) is 5.69 Å². The zero-order valence-corrected chi connectivity index (χ0v) is 15.5.